The Hall–Kier alpha value is -3.79. The van der Waals surface area contributed by atoms with E-state index in [1.807, 2.05) is 27.1 Å². The number of hydrogen-bond acceptors (Lipinski definition) is 4. The molecule has 1 aromatic heterocycles. The maximum absolute atomic E-state index is 14.3. The lowest BCUT2D eigenvalue weighted by atomic mass is 9.92. The average Bonchev–Trinajstić information content (AvgIpc) is 3.38. The Morgan fingerprint density at radius 2 is 1.77 bits per heavy atom. The molecule has 0 bridgehead atoms. The molecule has 0 saturated carbocycles. The molecule has 5 rings (SSSR count). The van der Waals surface area contributed by atoms with Gasteiger partial charge in [-0.25, -0.2) is 8.78 Å². The van der Waals surface area contributed by atoms with Crippen LogP contribution in [0.3, 0.4) is 0 Å². The second-order valence-corrected chi connectivity index (χ2v) is 9.07. The van der Waals surface area contributed by atoms with Crippen molar-refractivity contribution in [3.05, 3.63) is 65.7 Å². The van der Waals surface area contributed by atoms with Crippen LogP contribution in [0.15, 0.2) is 49.1 Å². The Morgan fingerprint density at radius 1 is 1.03 bits per heavy atom. The lowest BCUT2D eigenvalue weighted by molar-refractivity contribution is 0.152. The predicted molar refractivity (Wildman–Crippen MR) is 138 cm³/mol. The largest absolute Gasteiger partial charge is 0.340 e. The van der Waals surface area contributed by atoms with Crippen molar-refractivity contribution < 1.29 is 8.78 Å². The summed E-state index contributed by atoms with van der Waals surface area (Å²) < 4.78 is 30.2. The molecular formula is C28H29F2N5. The Labute approximate surface area is 205 Å². The van der Waals surface area contributed by atoms with E-state index < -0.39 is 6.43 Å². The number of benzene rings is 2. The third-order valence-electron chi connectivity index (χ3n) is 6.90. The van der Waals surface area contributed by atoms with E-state index in [1.165, 1.54) is 0 Å². The van der Waals surface area contributed by atoms with Crippen LogP contribution in [0.2, 0.25) is 0 Å². The lowest BCUT2D eigenvalue weighted by Crippen LogP contribution is -2.26. The highest BCUT2D eigenvalue weighted by Gasteiger charge is 2.30. The van der Waals surface area contributed by atoms with Crippen LogP contribution in [0.1, 0.15) is 42.9 Å². The molecule has 2 aromatic carbocycles. The van der Waals surface area contributed by atoms with Gasteiger partial charge in [-0.05, 0) is 48.2 Å². The van der Waals surface area contributed by atoms with E-state index >= 15 is 0 Å². The fourth-order valence-electron chi connectivity index (χ4n) is 5.00. The minimum atomic E-state index is -2.60. The second kappa shape index (κ2) is 8.77. The first kappa shape index (κ1) is 23.0. The van der Waals surface area contributed by atoms with Crippen LogP contribution >= 0.6 is 0 Å². The molecule has 0 spiro atoms. The molecule has 0 radical (unpaired) electrons. The van der Waals surface area contributed by atoms with E-state index in [1.54, 1.807) is 30.2 Å². The fourth-order valence-corrected chi connectivity index (χ4v) is 5.00. The van der Waals surface area contributed by atoms with Gasteiger partial charge in [-0.2, -0.15) is 5.10 Å². The van der Waals surface area contributed by atoms with E-state index in [2.05, 4.69) is 50.4 Å². The molecule has 3 heterocycles. The molecule has 0 atom stereocenters. The van der Waals surface area contributed by atoms with Crippen molar-refractivity contribution in [1.29, 1.82) is 0 Å². The van der Waals surface area contributed by atoms with Gasteiger partial charge in [0.2, 0.25) is 0 Å². The maximum atomic E-state index is 14.3. The molecular weight excluding hydrogens is 444 g/mol. The SMILES string of the molecule is C=C1N(C)c2cc(C#CCC)c(N3CCCc4cc(-c5cnn(C)c5)c(C(F)F)cc43)cc2N1C. The lowest BCUT2D eigenvalue weighted by Gasteiger charge is -2.34. The molecule has 2 aliphatic heterocycles. The molecule has 0 unspecified atom stereocenters. The molecule has 0 saturated heterocycles. The summed E-state index contributed by atoms with van der Waals surface area (Å²) in [5.74, 6) is 7.40. The van der Waals surface area contributed by atoms with Crippen LogP contribution in [0.25, 0.3) is 11.1 Å². The van der Waals surface area contributed by atoms with Crippen molar-refractivity contribution in [2.45, 2.75) is 32.6 Å². The summed E-state index contributed by atoms with van der Waals surface area (Å²) in [5.41, 5.74) is 7.07. The molecule has 2 aliphatic rings. The molecule has 5 nitrogen and oxygen atoms in total. The van der Waals surface area contributed by atoms with Gasteiger partial charge in [0.25, 0.3) is 6.43 Å². The first-order chi connectivity index (χ1) is 16.8. The van der Waals surface area contributed by atoms with Crippen molar-refractivity contribution in [3.63, 3.8) is 0 Å². The first-order valence-electron chi connectivity index (χ1n) is 11.8. The molecule has 0 N–H and O–H groups in total. The monoisotopic (exact) mass is 473 g/mol. The van der Waals surface area contributed by atoms with Gasteiger partial charge in [0.1, 0.15) is 5.82 Å². The van der Waals surface area contributed by atoms with E-state index in [4.69, 9.17) is 0 Å². The number of alkyl halides is 2. The van der Waals surface area contributed by atoms with Crippen LogP contribution in [-0.4, -0.2) is 30.4 Å². The van der Waals surface area contributed by atoms with E-state index in [9.17, 15) is 8.78 Å². The zero-order valence-corrected chi connectivity index (χ0v) is 20.6. The van der Waals surface area contributed by atoms with Crippen LogP contribution in [-0.2, 0) is 13.5 Å². The maximum Gasteiger partial charge on any atom is 0.264 e. The summed E-state index contributed by atoms with van der Waals surface area (Å²) in [6, 6.07) is 7.80. The zero-order chi connectivity index (χ0) is 24.9. The van der Waals surface area contributed by atoms with Crippen LogP contribution in [0, 0.1) is 11.8 Å². The smallest absolute Gasteiger partial charge is 0.264 e. The van der Waals surface area contributed by atoms with E-state index in [0.717, 1.165) is 65.5 Å². The molecule has 3 aromatic rings. The molecule has 35 heavy (non-hydrogen) atoms. The van der Waals surface area contributed by atoms with Crippen molar-refractivity contribution in [1.82, 2.24) is 9.78 Å². The quantitative estimate of drug-likeness (QED) is 0.422. The molecule has 180 valence electrons. The molecule has 0 fully saturated rings. The number of rotatable bonds is 3. The van der Waals surface area contributed by atoms with Crippen molar-refractivity contribution in [2.24, 2.45) is 7.05 Å². The molecule has 7 heteroatoms. The van der Waals surface area contributed by atoms with Gasteiger partial charge in [-0.3, -0.25) is 4.68 Å². The highest BCUT2D eigenvalue weighted by molar-refractivity contribution is 5.89. The van der Waals surface area contributed by atoms with Gasteiger partial charge < -0.3 is 14.7 Å². The standard InChI is InChI=1S/C28H29F2N5/c1-6-7-9-20-13-26-27(34(5)18(2)33(26)4)15-25(20)35-11-8-10-19-12-22(21-16-31-32(3)17-21)23(28(29)30)14-24(19)35/h12-17,28H,2,6,8,10-11H2,1,3-5H3. The van der Waals surface area contributed by atoms with E-state index in [-0.39, 0.29) is 5.56 Å². The van der Waals surface area contributed by atoms with Gasteiger partial charge in [0.05, 0.1) is 28.8 Å². The van der Waals surface area contributed by atoms with Crippen LogP contribution in [0.5, 0.6) is 0 Å². The minimum absolute atomic E-state index is 0.0243. The Morgan fingerprint density at radius 3 is 2.43 bits per heavy atom. The normalized spacial score (nSPS) is 14.8. The van der Waals surface area contributed by atoms with Gasteiger partial charge >= 0.3 is 0 Å². The van der Waals surface area contributed by atoms with Crippen LogP contribution < -0.4 is 14.7 Å². The highest BCUT2D eigenvalue weighted by Crippen LogP contribution is 2.47. The molecule has 0 aliphatic carbocycles. The van der Waals surface area contributed by atoms with Crippen molar-refractivity contribution in [2.75, 3.05) is 35.3 Å². The number of aryl methyl sites for hydroxylation is 2. The highest BCUT2D eigenvalue weighted by atomic mass is 19.3. The average molecular weight is 474 g/mol. The van der Waals surface area contributed by atoms with Gasteiger partial charge in [-0.1, -0.05) is 25.3 Å². The number of anilines is 4. The fraction of sp³-hybridized carbons (Fsp3) is 0.321. The Balaban J connectivity index is 1.69. The predicted octanol–water partition coefficient (Wildman–Crippen LogP) is 6.23. The van der Waals surface area contributed by atoms with Gasteiger partial charge in [-0.15, -0.1) is 0 Å². The Kier molecular flexibility index (Phi) is 5.76. The minimum Gasteiger partial charge on any atom is -0.340 e. The molecule has 0 amide bonds. The number of nitrogens with zero attached hydrogens (tertiary/aromatic N) is 5. The summed E-state index contributed by atoms with van der Waals surface area (Å²) in [6.07, 6.45) is 3.33. The first-order valence-corrected chi connectivity index (χ1v) is 11.8. The summed E-state index contributed by atoms with van der Waals surface area (Å²) in [5, 5.41) is 4.19. The topological polar surface area (TPSA) is 27.5 Å². The van der Waals surface area contributed by atoms with Gasteiger partial charge in [0, 0.05) is 57.1 Å². The third kappa shape index (κ3) is 3.83. The van der Waals surface area contributed by atoms with Crippen molar-refractivity contribution in [3.8, 4) is 23.0 Å². The number of hydrogen-bond donors (Lipinski definition) is 0. The zero-order valence-electron chi connectivity index (χ0n) is 20.6. The summed E-state index contributed by atoms with van der Waals surface area (Å²) in [7, 11) is 5.78. The van der Waals surface area contributed by atoms with Gasteiger partial charge in [0.15, 0.2) is 0 Å². The van der Waals surface area contributed by atoms with Crippen molar-refractivity contribution >= 4 is 22.7 Å². The van der Waals surface area contributed by atoms with Crippen LogP contribution in [0.4, 0.5) is 31.5 Å². The number of aromatic nitrogens is 2. The second-order valence-electron chi connectivity index (χ2n) is 9.07. The summed E-state index contributed by atoms with van der Waals surface area (Å²) in [4.78, 5) is 6.26. The Bertz CT molecular complexity index is 1380. The summed E-state index contributed by atoms with van der Waals surface area (Å²) >= 11 is 0. The van der Waals surface area contributed by atoms with E-state index in [0.29, 0.717) is 11.1 Å². The number of fused-ring (bicyclic) bond motifs is 2. The third-order valence-corrected chi connectivity index (χ3v) is 6.90. The summed E-state index contributed by atoms with van der Waals surface area (Å²) in [6.45, 7) is 6.94. The number of halogens is 2.